The SMILES string of the molecule is O=C(NOCc1ccccn1)C1c2ccccc2C(=O)N(C2CCCCC2C(=O)N2CCOCC2)C1c1ccc(Cl)cc1. The van der Waals surface area contributed by atoms with Gasteiger partial charge in [0.15, 0.2) is 0 Å². The van der Waals surface area contributed by atoms with Crippen LogP contribution < -0.4 is 5.48 Å². The number of fused-ring (bicyclic) bond motifs is 1. The van der Waals surface area contributed by atoms with Gasteiger partial charge in [-0.1, -0.05) is 60.8 Å². The van der Waals surface area contributed by atoms with E-state index in [2.05, 4.69) is 10.5 Å². The van der Waals surface area contributed by atoms with Gasteiger partial charge >= 0.3 is 0 Å². The third kappa shape index (κ3) is 6.16. The lowest BCUT2D eigenvalue weighted by Crippen LogP contribution is -2.57. The summed E-state index contributed by atoms with van der Waals surface area (Å²) in [5.41, 5.74) is 5.16. The van der Waals surface area contributed by atoms with Crippen LogP contribution in [0.5, 0.6) is 0 Å². The Labute approximate surface area is 256 Å². The van der Waals surface area contributed by atoms with Gasteiger partial charge in [-0.25, -0.2) is 5.48 Å². The summed E-state index contributed by atoms with van der Waals surface area (Å²) in [6, 6.07) is 18.9. The van der Waals surface area contributed by atoms with Crippen molar-refractivity contribution >= 4 is 29.3 Å². The normalized spacial score (nSPS) is 23.9. The fourth-order valence-electron chi connectivity index (χ4n) is 6.69. The number of nitrogens with one attached hydrogen (secondary N) is 1. The van der Waals surface area contributed by atoms with Crippen molar-refractivity contribution in [2.75, 3.05) is 26.3 Å². The second kappa shape index (κ2) is 13.2. The van der Waals surface area contributed by atoms with Gasteiger partial charge in [-0.05, 0) is 54.3 Å². The third-order valence-electron chi connectivity index (χ3n) is 8.72. The number of hydrogen-bond acceptors (Lipinski definition) is 6. The highest BCUT2D eigenvalue weighted by atomic mass is 35.5. The number of pyridine rings is 1. The number of rotatable bonds is 7. The Morgan fingerprint density at radius 1 is 0.977 bits per heavy atom. The van der Waals surface area contributed by atoms with E-state index in [1.54, 1.807) is 30.5 Å². The van der Waals surface area contributed by atoms with E-state index in [-0.39, 0.29) is 36.3 Å². The quantitative estimate of drug-likeness (QED) is 0.394. The molecular weight excluding hydrogens is 568 g/mol. The van der Waals surface area contributed by atoms with Gasteiger partial charge in [0.25, 0.3) is 11.8 Å². The van der Waals surface area contributed by atoms with E-state index in [1.165, 1.54) is 0 Å². The molecule has 3 heterocycles. The number of morpholine rings is 1. The van der Waals surface area contributed by atoms with Gasteiger partial charge in [-0.15, -0.1) is 0 Å². The van der Waals surface area contributed by atoms with Crippen LogP contribution >= 0.6 is 11.6 Å². The van der Waals surface area contributed by atoms with Crippen molar-refractivity contribution in [1.82, 2.24) is 20.3 Å². The molecule has 6 rings (SSSR count). The van der Waals surface area contributed by atoms with Crippen molar-refractivity contribution in [1.29, 1.82) is 0 Å². The van der Waals surface area contributed by atoms with Crippen LogP contribution in [0, 0.1) is 5.92 Å². The number of amides is 3. The smallest absolute Gasteiger partial charge is 0.254 e. The number of aromatic nitrogens is 1. The maximum absolute atomic E-state index is 14.5. The molecule has 0 radical (unpaired) electrons. The Kier molecular flexibility index (Phi) is 9.02. The molecule has 1 saturated heterocycles. The molecule has 224 valence electrons. The first-order valence-corrected chi connectivity index (χ1v) is 15.3. The van der Waals surface area contributed by atoms with Gasteiger partial charge in [0.2, 0.25) is 5.91 Å². The third-order valence-corrected chi connectivity index (χ3v) is 8.97. The van der Waals surface area contributed by atoms with Crippen LogP contribution in [0.4, 0.5) is 0 Å². The lowest BCUT2D eigenvalue weighted by molar-refractivity contribution is -0.144. The van der Waals surface area contributed by atoms with Crippen LogP contribution in [0.15, 0.2) is 72.9 Å². The monoisotopic (exact) mass is 602 g/mol. The van der Waals surface area contributed by atoms with Crippen molar-refractivity contribution in [3.8, 4) is 0 Å². The number of nitrogens with zero attached hydrogens (tertiary/aromatic N) is 3. The zero-order chi connectivity index (χ0) is 29.8. The highest BCUT2D eigenvalue weighted by molar-refractivity contribution is 6.30. The Bertz CT molecular complexity index is 1450. The number of hydrogen-bond donors (Lipinski definition) is 1. The molecule has 0 spiro atoms. The zero-order valence-corrected chi connectivity index (χ0v) is 24.6. The maximum Gasteiger partial charge on any atom is 0.254 e. The van der Waals surface area contributed by atoms with Crippen molar-refractivity contribution < 1.29 is 24.0 Å². The maximum atomic E-state index is 14.5. The predicted molar refractivity (Wildman–Crippen MR) is 160 cm³/mol. The standard InChI is InChI=1S/C33H35ClN4O5/c34-23-14-12-22(13-15-23)30-29(31(39)36-43-21-24-7-5-6-16-35-24)25-8-1-2-9-26(25)33(41)38(30)28-11-4-3-10-27(28)32(40)37-17-19-42-20-18-37/h1-2,5-9,12-16,27-30H,3-4,10-11,17-21H2,(H,36,39). The molecule has 1 N–H and O–H groups in total. The number of carbonyl (C=O) groups is 3. The first-order chi connectivity index (χ1) is 21.0. The molecule has 9 nitrogen and oxygen atoms in total. The van der Waals surface area contributed by atoms with Gasteiger partial charge in [0.1, 0.15) is 6.61 Å². The van der Waals surface area contributed by atoms with Crippen LogP contribution in [0.3, 0.4) is 0 Å². The van der Waals surface area contributed by atoms with Crippen LogP contribution in [0.1, 0.15) is 64.8 Å². The molecule has 43 heavy (non-hydrogen) atoms. The summed E-state index contributed by atoms with van der Waals surface area (Å²) < 4.78 is 5.49. The number of hydroxylamine groups is 1. The second-order valence-electron chi connectivity index (χ2n) is 11.2. The summed E-state index contributed by atoms with van der Waals surface area (Å²) in [5.74, 6) is -1.68. The summed E-state index contributed by atoms with van der Waals surface area (Å²) in [7, 11) is 0. The molecule has 2 aliphatic heterocycles. The minimum atomic E-state index is -0.792. The highest BCUT2D eigenvalue weighted by Crippen LogP contribution is 2.47. The van der Waals surface area contributed by atoms with Crippen LogP contribution in [0.25, 0.3) is 0 Å². The van der Waals surface area contributed by atoms with E-state index >= 15 is 0 Å². The molecule has 1 saturated carbocycles. The molecule has 1 aliphatic carbocycles. The molecule has 1 aromatic heterocycles. The highest BCUT2D eigenvalue weighted by Gasteiger charge is 2.50. The molecule has 10 heteroatoms. The molecule has 3 aromatic rings. The van der Waals surface area contributed by atoms with Gasteiger partial charge in [0, 0.05) is 35.9 Å². The van der Waals surface area contributed by atoms with Crippen molar-refractivity contribution in [2.24, 2.45) is 5.92 Å². The Morgan fingerprint density at radius 3 is 2.49 bits per heavy atom. The topological polar surface area (TPSA) is 101 Å². The van der Waals surface area contributed by atoms with E-state index in [0.717, 1.165) is 18.4 Å². The summed E-state index contributed by atoms with van der Waals surface area (Å²) in [6.45, 7) is 2.19. The molecule has 3 aliphatic rings. The number of benzene rings is 2. The number of halogens is 1. The molecule has 2 fully saturated rings. The molecule has 2 aromatic carbocycles. The summed E-state index contributed by atoms with van der Waals surface area (Å²) in [6.07, 6.45) is 4.82. The van der Waals surface area contributed by atoms with Crippen LogP contribution in [-0.4, -0.2) is 64.9 Å². The lowest BCUT2D eigenvalue weighted by atomic mass is 9.75. The van der Waals surface area contributed by atoms with Gasteiger partial charge < -0.3 is 14.5 Å². The van der Waals surface area contributed by atoms with Crippen molar-refractivity contribution in [3.63, 3.8) is 0 Å². The predicted octanol–water partition coefficient (Wildman–Crippen LogP) is 4.68. The molecule has 4 unspecified atom stereocenters. The lowest BCUT2D eigenvalue weighted by Gasteiger charge is -2.49. The van der Waals surface area contributed by atoms with E-state index in [4.69, 9.17) is 21.2 Å². The van der Waals surface area contributed by atoms with E-state index in [9.17, 15) is 14.4 Å². The molecule has 0 bridgehead atoms. The van der Waals surface area contributed by atoms with Gasteiger partial charge in [-0.3, -0.25) is 24.2 Å². The van der Waals surface area contributed by atoms with Crippen molar-refractivity contribution in [3.05, 3.63) is 100 Å². The Morgan fingerprint density at radius 2 is 1.72 bits per heavy atom. The zero-order valence-electron chi connectivity index (χ0n) is 23.9. The van der Waals surface area contributed by atoms with Gasteiger partial charge in [-0.2, -0.15) is 0 Å². The average molecular weight is 603 g/mol. The van der Waals surface area contributed by atoms with Crippen LogP contribution in [-0.2, 0) is 25.8 Å². The fourth-order valence-corrected chi connectivity index (χ4v) is 6.82. The van der Waals surface area contributed by atoms with E-state index in [1.807, 2.05) is 52.3 Å². The second-order valence-corrected chi connectivity index (χ2v) is 11.7. The Hall–Kier alpha value is -3.79. The minimum absolute atomic E-state index is 0.0502. The first kappa shape index (κ1) is 29.3. The number of carbonyl (C=O) groups excluding carboxylic acids is 3. The fraction of sp³-hybridized carbons (Fsp3) is 0.394. The summed E-state index contributed by atoms with van der Waals surface area (Å²) in [4.78, 5) is 56.1. The van der Waals surface area contributed by atoms with E-state index in [0.29, 0.717) is 61.0 Å². The largest absolute Gasteiger partial charge is 0.378 e. The molecular formula is C33H35ClN4O5. The molecule has 4 atom stereocenters. The minimum Gasteiger partial charge on any atom is -0.378 e. The van der Waals surface area contributed by atoms with Crippen molar-refractivity contribution in [2.45, 2.75) is 50.3 Å². The number of ether oxygens (including phenoxy) is 1. The summed E-state index contributed by atoms with van der Waals surface area (Å²) >= 11 is 6.28. The average Bonchev–Trinajstić information content (AvgIpc) is 3.05. The molecule has 3 amide bonds. The first-order valence-electron chi connectivity index (χ1n) is 14.9. The Balaban J connectivity index is 1.39. The van der Waals surface area contributed by atoms with Gasteiger partial charge in [0.05, 0.1) is 36.8 Å². The summed E-state index contributed by atoms with van der Waals surface area (Å²) in [5, 5.41) is 0.551. The van der Waals surface area contributed by atoms with Crippen LogP contribution in [0.2, 0.25) is 5.02 Å². The van der Waals surface area contributed by atoms with E-state index < -0.39 is 12.0 Å².